The standard InChI is InChI=1S/C12H14BrFN4O2S/c13-11-6-9(2-3-12(11)14)17-21(19,20)10-7-16-18(8-10)5-1-4-15/h2-3,6-8,17H,1,4-5,15H2. The Balaban J connectivity index is 2.17. The van der Waals surface area contributed by atoms with Crippen LogP contribution in [0.15, 0.2) is 40.0 Å². The number of anilines is 1. The smallest absolute Gasteiger partial charge is 0.265 e. The molecule has 1 aromatic heterocycles. The van der Waals surface area contributed by atoms with E-state index in [1.54, 1.807) is 0 Å². The normalized spacial score (nSPS) is 11.6. The summed E-state index contributed by atoms with van der Waals surface area (Å²) in [6.45, 7) is 1.05. The Morgan fingerprint density at radius 1 is 1.43 bits per heavy atom. The summed E-state index contributed by atoms with van der Waals surface area (Å²) in [4.78, 5) is 0.0416. The van der Waals surface area contributed by atoms with Gasteiger partial charge in [-0.25, -0.2) is 12.8 Å². The first-order valence-corrected chi connectivity index (χ1v) is 8.40. The Morgan fingerprint density at radius 2 is 2.19 bits per heavy atom. The summed E-state index contributed by atoms with van der Waals surface area (Å²) in [7, 11) is -3.76. The van der Waals surface area contributed by atoms with Crippen molar-refractivity contribution >= 4 is 31.6 Å². The molecule has 0 bridgehead atoms. The maximum atomic E-state index is 13.1. The van der Waals surface area contributed by atoms with E-state index in [9.17, 15) is 12.8 Å². The maximum absolute atomic E-state index is 13.1. The van der Waals surface area contributed by atoms with Crippen LogP contribution in [0.25, 0.3) is 0 Å². The van der Waals surface area contributed by atoms with E-state index in [4.69, 9.17) is 5.73 Å². The summed E-state index contributed by atoms with van der Waals surface area (Å²) in [5.74, 6) is -0.465. The third-order valence-electron chi connectivity index (χ3n) is 2.68. The quantitative estimate of drug-likeness (QED) is 0.805. The van der Waals surface area contributed by atoms with Crippen LogP contribution in [0.5, 0.6) is 0 Å². The molecule has 6 nitrogen and oxygen atoms in total. The molecule has 2 rings (SSSR count). The number of aryl methyl sites for hydroxylation is 1. The van der Waals surface area contributed by atoms with Crippen LogP contribution in [-0.2, 0) is 16.6 Å². The molecule has 0 spiro atoms. The fourth-order valence-corrected chi connectivity index (χ4v) is 3.01. The molecule has 0 aliphatic heterocycles. The van der Waals surface area contributed by atoms with Crippen LogP contribution < -0.4 is 10.5 Å². The largest absolute Gasteiger partial charge is 0.330 e. The summed E-state index contributed by atoms with van der Waals surface area (Å²) in [6.07, 6.45) is 3.40. The van der Waals surface area contributed by atoms with Crippen molar-refractivity contribution in [3.8, 4) is 0 Å². The van der Waals surface area contributed by atoms with E-state index in [0.29, 0.717) is 19.5 Å². The lowest BCUT2D eigenvalue weighted by atomic mass is 10.3. The maximum Gasteiger partial charge on any atom is 0.265 e. The van der Waals surface area contributed by atoms with Crippen molar-refractivity contribution in [3.63, 3.8) is 0 Å². The van der Waals surface area contributed by atoms with E-state index in [-0.39, 0.29) is 15.1 Å². The third-order valence-corrected chi connectivity index (χ3v) is 4.63. The Labute approximate surface area is 130 Å². The van der Waals surface area contributed by atoms with Crippen molar-refractivity contribution in [2.45, 2.75) is 17.9 Å². The van der Waals surface area contributed by atoms with Crippen molar-refractivity contribution in [2.24, 2.45) is 5.73 Å². The SMILES string of the molecule is NCCCn1cc(S(=O)(=O)Nc2ccc(F)c(Br)c2)cn1. The first kappa shape index (κ1) is 15.9. The minimum absolute atomic E-state index is 0.0416. The lowest BCUT2D eigenvalue weighted by molar-refractivity contribution is 0.582. The average Bonchev–Trinajstić information content (AvgIpc) is 2.90. The molecule has 0 radical (unpaired) electrons. The highest BCUT2D eigenvalue weighted by atomic mass is 79.9. The lowest BCUT2D eigenvalue weighted by Crippen LogP contribution is -2.12. The number of nitrogens with zero attached hydrogens (tertiary/aromatic N) is 2. The second-order valence-corrected chi connectivity index (χ2v) is 6.85. The van der Waals surface area contributed by atoms with Gasteiger partial charge in [0.15, 0.2) is 0 Å². The van der Waals surface area contributed by atoms with Crippen LogP contribution in [0.3, 0.4) is 0 Å². The first-order valence-electron chi connectivity index (χ1n) is 6.13. The second kappa shape index (κ2) is 6.54. The topological polar surface area (TPSA) is 90.0 Å². The number of rotatable bonds is 6. The highest BCUT2D eigenvalue weighted by molar-refractivity contribution is 9.10. The summed E-state index contributed by atoms with van der Waals surface area (Å²) in [5, 5.41) is 3.97. The van der Waals surface area contributed by atoms with Gasteiger partial charge in [0.25, 0.3) is 10.0 Å². The monoisotopic (exact) mass is 376 g/mol. The molecular formula is C12H14BrFN4O2S. The van der Waals surface area contributed by atoms with Crippen LogP contribution in [0.1, 0.15) is 6.42 Å². The van der Waals surface area contributed by atoms with E-state index in [2.05, 4.69) is 25.8 Å². The molecule has 3 N–H and O–H groups in total. The van der Waals surface area contributed by atoms with E-state index in [0.717, 1.165) is 0 Å². The number of nitrogens with two attached hydrogens (primary N) is 1. The predicted octanol–water partition coefficient (Wildman–Crippen LogP) is 1.93. The molecule has 0 aliphatic carbocycles. The number of hydrogen-bond acceptors (Lipinski definition) is 4. The summed E-state index contributed by atoms with van der Waals surface area (Å²) in [5.41, 5.74) is 5.65. The highest BCUT2D eigenvalue weighted by Crippen LogP contribution is 2.22. The summed E-state index contributed by atoms with van der Waals surface area (Å²) in [6, 6.07) is 3.87. The molecule has 0 aliphatic rings. The van der Waals surface area contributed by atoms with Gasteiger partial charge in [-0.1, -0.05) is 0 Å². The van der Waals surface area contributed by atoms with E-state index in [1.165, 1.54) is 35.3 Å². The molecular weight excluding hydrogens is 363 g/mol. The zero-order valence-corrected chi connectivity index (χ0v) is 13.4. The van der Waals surface area contributed by atoms with Crippen LogP contribution in [0, 0.1) is 5.82 Å². The number of aromatic nitrogens is 2. The zero-order chi connectivity index (χ0) is 15.5. The van der Waals surface area contributed by atoms with Gasteiger partial charge < -0.3 is 5.73 Å². The molecule has 114 valence electrons. The fourth-order valence-electron chi connectivity index (χ4n) is 1.63. The summed E-state index contributed by atoms with van der Waals surface area (Å²) < 4.78 is 41.6. The fraction of sp³-hybridized carbons (Fsp3) is 0.250. The molecule has 0 atom stereocenters. The van der Waals surface area contributed by atoms with E-state index in [1.807, 2.05) is 0 Å². The van der Waals surface area contributed by atoms with Gasteiger partial charge in [-0.15, -0.1) is 0 Å². The van der Waals surface area contributed by atoms with Gasteiger partial charge in [0.05, 0.1) is 16.4 Å². The van der Waals surface area contributed by atoms with Crippen molar-refractivity contribution < 1.29 is 12.8 Å². The molecule has 1 heterocycles. The van der Waals surface area contributed by atoms with Crippen molar-refractivity contribution in [1.29, 1.82) is 0 Å². The molecule has 0 saturated carbocycles. The predicted molar refractivity (Wildman–Crippen MR) is 80.8 cm³/mol. The van der Waals surface area contributed by atoms with Gasteiger partial charge >= 0.3 is 0 Å². The number of sulfonamides is 1. The van der Waals surface area contributed by atoms with Gasteiger partial charge in [-0.05, 0) is 47.1 Å². The van der Waals surface area contributed by atoms with E-state index < -0.39 is 15.8 Å². The van der Waals surface area contributed by atoms with Crippen LogP contribution in [-0.4, -0.2) is 24.7 Å². The molecule has 1 aromatic carbocycles. The van der Waals surface area contributed by atoms with Crippen molar-refractivity contribution in [3.05, 3.63) is 40.9 Å². The number of nitrogens with one attached hydrogen (secondary N) is 1. The van der Waals surface area contributed by atoms with Crippen molar-refractivity contribution in [1.82, 2.24) is 9.78 Å². The Bertz CT molecular complexity index is 733. The molecule has 0 fully saturated rings. The zero-order valence-electron chi connectivity index (χ0n) is 11.0. The Kier molecular flexibility index (Phi) is 4.96. The van der Waals surface area contributed by atoms with Gasteiger partial charge in [0.1, 0.15) is 10.7 Å². The minimum Gasteiger partial charge on any atom is -0.330 e. The van der Waals surface area contributed by atoms with Gasteiger partial charge in [-0.3, -0.25) is 9.40 Å². The number of halogens is 2. The lowest BCUT2D eigenvalue weighted by Gasteiger charge is -2.06. The van der Waals surface area contributed by atoms with Gasteiger partial charge in [0.2, 0.25) is 0 Å². The van der Waals surface area contributed by atoms with Crippen LogP contribution in [0.2, 0.25) is 0 Å². The third kappa shape index (κ3) is 4.02. The van der Waals surface area contributed by atoms with Crippen LogP contribution in [0.4, 0.5) is 10.1 Å². The molecule has 2 aromatic rings. The molecule has 0 saturated heterocycles. The molecule has 0 unspecified atom stereocenters. The van der Waals surface area contributed by atoms with E-state index >= 15 is 0 Å². The van der Waals surface area contributed by atoms with Crippen LogP contribution >= 0.6 is 15.9 Å². The molecule has 21 heavy (non-hydrogen) atoms. The number of hydrogen-bond donors (Lipinski definition) is 2. The molecule has 0 amide bonds. The van der Waals surface area contributed by atoms with Gasteiger partial charge in [0, 0.05) is 12.7 Å². The minimum atomic E-state index is -3.76. The highest BCUT2D eigenvalue weighted by Gasteiger charge is 2.17. The number of benzene rings is 1. The Morgan fingerprint density at radius 3 is 2.86 bits per heavy atom. The molecule has 9 heteroatoms. The first-order chi connectivity index (χ1) is 9.92. The second-order valence-electron chi connectivity index (χ2n) is 4.32. The Hall–Kier alpha value is -1.45. The van der Waals surface area contributed by atoms with Gasteiger partial charge in [-0.2, -0.15) is 5.10 Å². The van der Waals surface area contributed by atoms with Crippen molar-refractivity contribution in [2.75, 3.05) is 11.3 Å². The average molecular weight is 377 g/mol. The summed E-state index contributed by atoms with van der Waals surface area (Å²) >= 11 is 3.00.